The van der Waals surface area contributed by atoms with Crippen molar-refractivity contribution in [3.05, 3.63) is 0 Å². The van der Waals surface area contributed by atoms with E-state index in [0.29, 0.717) is 24.8 Å². The standard InChI is InChI=1S/C19H35NO3/c1-20(17-13-9-8-10-14-17)18(21)15-11-6-4-2-3-5-7-12-16-19(22)23/h17H,2-16H2,1H3,(H,22,23). The Morgan fingerprint density at radius 2 is 1.30 bits per heavy atom. The molecule has 0 radical (unpaired) electrons. The zero-order valence-electron chi connectivity index (χ0n) is 14.9. The van der Waals surface area contributed by atoms with Crippen LogP contribution in [0.15, 0.2) is 0 Å². The van der Waals surface area contributed by atoms with Crippen molar-refractivity contribution in [1.82, 2.24) is 4.90 Å². The minimum atomic E-state index is -0.687. The minimum Gasteiger partial charge on any atom is -0.481 e. The van der Waals surface area contributed by atoms with Gasteiger partial charge in [-0.1, -0.05) is 57.8 Å². The normalized spacial score (nSPS) is 15.5. The van der Waals surface area contributed by atoms with E-state index in [9.17, 15) is 9.59 Å². The number of carboxylic acids is 1. The molecule has 0 aliphatic heterocycles. The number of carbonyl (C=O) groups is 2. The molecule has 1 rings (SSSR count). The van der Waals surface area contributed by atoms with Gasteiger partial charge in [-0.2, -0.15) is 0 Å². The summed E-state index contributed by atoms with van der Waals surface area (Å²) in [6.45, 7) is 0. The third kappa shape index (κ3) is 9.62. The summed E-state index contributed by atoms with van der Waals surface area (Å²) < 4.78 is 0. The Labute approximate surface area is 141 Å². The Morgan fingerprint density at radius 1 is 0.826 bits per heavy atom. The first-order chi connectivity index (χ1) is 11.1. The molecule has 1 aliphatic carbocycles. The smallest absolute Gasteiger partial charge is 0.303 e. The second kappa shape index (κ2) is 12.4. The van der Waals surface area contributed by atoms with Gasteiger partial charge in [-0.3, -0.25) is 9.59 Å². The van der Waals surface area contributed by atoms with Gasteiger partial charge in [0.25, 0.3) is 0 Å². The lowest BCUT2D eigenvalue weighted by Crippen LogP contribution is -2.38. The fourth-order valence-corrected chi connectivity index (χ4v) is 3.46. The molecule has 0 spiro atoms. The summed E-state index contributed by atoms with van der Waals surface area (Å²) >= 11 is 0. The molecular weight excluding hydrogens is 290 g/mol. The maximum atomic E-state index is 12.2. The quantitative estimate of drug-likeness (QED) is 0.526. The van der Waals surface area contributed by atoms with Crippen LogP contribution < -0.4 is 0 Å². The van der Waals surface area contributed by atoms with Crippen molar-refractivity contribution in [3.63, 3.8) is 0 Å². The monoisotopic (exact) mass is 325 g/mol. The van der Waals surface area contributed by atoms with Crippen molar-refractivity contribution in [2.24, 2.45) is 0 Å². The van der Waals surface area contributed by atoms with E-state index in [1.807, 2.05) is 11.9 Å². The summed E-state index contributed by atoms with van der Waals surface area (Å²) in [5.74, 6) is -0.363. The van der Waals surface area contributed by atoms with E-state index in [4.69, 9.17) is 5.11 Å². The van der Waals surface area contributed by atoms with Gasteiger partial charge in [0.15, 0.2) is 0 Å². The van der Waals surface area contributed by atoms with Crippen molar-refractivity contribution < 1.29 is 14.7 Å². The molecule has 23 heavy (non-hydrogen) atoms. The Morgan fingerprint density at radius 3 is 1.83 bits per heavy atom. The van der Waals surface area contributed by atoms with Gasteiger partial charge in [-0.25, -0.2) is 0 Å². The second-order valence-electron chi connectivity index (χ2n) is 7.02. The van der Waals surface area contributed by atoms with E-state index in [1.54, 1.807) is 0 Å². The van der Waals surface area contributed by atoms with Gasteiger partial charge in [0, 0.05) is 25.9 Å². The summed E-state index contributed by atoms with van der Waals surface area (Å²) in [7, 11) is 1.98. The number of rotatable bonds is 12. The molecule has 0 atom stereocenters. The van der Waals surface area contributed by atoms with Crippen LogP contribution in [-0.2, 0) is 9.59 Å². The van der Waals surface area contributed by atoms with Crippen LogP contribution >= 0.6 is 0 Å². The Balaban J connectivity index is 1.91. The van der Waals surface area contributed by atoms with Gasteiger partial charge in [0.1, 0.15) is 0 Å². The van der Waals surface area contributed by atoms with E-state index < -0.39 is 5.97 Å². The zero-order chi connectivity index (χ0) is 16.9. The van der Waals surface area contributed by atoms with E-state index in [-0.39, 0.29) is 0 Å². The third-order valence-corrected chi connectivity index (χ3v) is 5.05. The van der Waals surface area contributed by atoms with Crippen molar-refractivity contribution in [3.8, 4) is 0 Å². The van der Waals surface area contributed by atoms with Gasteiger partial charge in [-0.15, -0.1) is 0 Å². The molecule has 1 saturated carbocycles. The van der Waals surface area contributed by atoms with Crippen LogP contribution in [0.3, 0.4) is 0 Å². The molecule has 0 saturated heterocycles. The second-order valence-corrected chi connectivity index (χ2v) is 7.02. The fraction of sp³-hybridized carbons (Fsp3) is 0.895. The minimum absolute atomic E-state index is 0.302. The number of nitrogens with zero attached hydrogens (tertiary/aromatic N) is 1. The topological polar surface area (TPSA) is 57.6 Å². The first kappa shape index (κ1) is 20.0. The molecule has 0 aromatic heterocycles. The predicted octanol–water partition coefficient (Wildman–Crippen LogP) is 4.76. The van der Waals surface area contributed by atoms with Crippen molar-refractivity contribution >= 4 is 11.9 Å². The number of carbonyl (C=O) groups excluding carboxylic acids is 1. The van der Waals surface area contributed by atoms with Gasteiger partial charge in [0.05, 0.1) is 0 Å². The molecular formula is C19H35NO3. The molecule has 0 bridgehead atoms. The van der Waals surface area contributed by atoms with Crippen LogP contribution in [0.2, 0.25) is 0 Å². The summed E-state index contributed by atoms with van der Waals surface area (Å²) in [5, 5.41) is 8.55. The predicted molar refractivity (Wildman–Crippen MR) is 93.4 cm³/mol. The average Bonchev–Trinajstić information content (AvgIpc) is 2.56. The largest absolute Gasteiger partial charge is 0.481 e. The van der Waals surface area contributed by atoms with Crippen molar-refractivity contribution in [2.45, 2.75) is 102 Å². The molecule has 0 unspecified atom stereocenters. The van der Waals surface area contributed by atoms with Crippen LogP contribution in [0.4, 0.5) is 0 Å². The van der Waals surface area contributed by atoms with E-state index in [2.05, 4.69) is 0 Å². The highest BCUT2D eigenvalue weighted by Gasteiger charge is 2.21. The van der Waals surface area contributed by atoms with Gasteiger partial charge in [-0.05, 0) is 25.7 Å². The van der Waals surface area contributed by atoms with Crippen LogP contribution in [0.5, 0.6) is 0 Å². The molecule has 1 amide bonds. The number of aliphatic carboxylic acids is 1. The maximum Gasteiger partial charge on any atom is 0.303 e. The number of hydrogen-bond donors (Lipinski definition) is 1. The fourth-order valence-electron chi connectivity index (χ4n) is 3.46. The van der Waals surface area contributed by atoms with Crippen molar-refractivity contribution in [2.75, 3.05) is 7.05 Å². The molecule has 1 fully saturated rings. The molecule has 4 heteroatoms. The van der Waals surface area contributed by atoms with E-state index in [1.165, 1.54) is 51.4 Å². The lowest BCUT2D eigenvalue weighted by molar-refractivity contribution is -0.137. The summed E-state index contributed by atoms with van der Waals surface area (Å²) in [4.78, 5) is 24.6. The molecule has 0 heterocycles. The van der Waals surface area contributed by atoms with Crippen LogP contribution in [0.1, 0.15) is 96.3 Å². The molecule has 1 N–H and O–H groups in total. The molecule has 1 aliphatic rings. The number of amides is 1. The lowest BCUT2D eigenvalue weighted by atomic mass is 9.94. The Bertz CT molecular complexity index is 338. The number of carboxylic acid groups (broad SMARTS) is 1. The SMILES string of the molecule is CN(C(=O)CCCCCCCCCCC(=O)O)C1CCCCC1. The van der Waals surface area contributed by atoms with Crippen LogP contribution in [0, 0.1) is 0 Å². The summed E-state index contributed by atoms with van der Waals surface area (Å²) in [6, 6.07) is 0.488. The highest BCUT2D eigenvalue weighted by atomic mass is 16.4. The molecule has 0 aromatic carbocycles. The zero-order valence-corrected chi connectivity index (χ0v) is 14.9. The van der Waals surface area contributed by atoms with E-state index in [0.717, 1.165) is 32.1 Å². The molecule has 0 aromatic rings. The summed E-state index contributed by atoms with van der Waals surface area (Å²) in [6.07, 6.45) is 15.9. The first-order valence-electron chi connectivity index (χ1n) is 9.58. The first-order valence-corrected chi connectivity index (χ1v) is 9.58. The third-order valence-electron chi connectivity index (χ3n) is 5.05. The number of unbranched alkanes of at least 4 members (excludes halogenated alkanes) is 7. The summed E-state index contributed by atoms with van der Waals surface area (Å²) in [5.41, 5.74) is 0. The van der Waals surface area contributed by atoms with Gasteiger partial charge >= 0.3 is 5.97 Å². The van der Waals surface area contributed by atoms with Gasteiger partial charge in [0.2, 0.25) is 5.91 Å². The Hall–Kier alpha value is -1.06. The molecule has 134 valence electrons. The highest BCUT2D eigenvalue weighted by Crippen LogP contribution is 2.22. The van der Waals surface area contributed by atoms with E-state index >= 15 is 0 Å². The highest BCUT2D eigenvalue weighted by molar-refractivity contribution is 5.76. The number of hydrogen-bond acceptors (Lipinski definition) is 2. The Kier molecular flexibility index (Phi) is 10.8. The average molecular weight is 325 g/mol. The molecule has 4 nitrogen and oxygen atoms in total. The van der Waals surface area contributed by atoms with Crippen LogP contribution in [-0.4, -0.2) is 35.0 Å². The van der Waals surface area contributed by atoms with Crippen molar-refractivity contribution in [1.29, 1.82) is 0 Å². The van der Waals surface area contributed by atoms with Gasteiger partial charge < -0.3 is 10.0 Å². The maximum absolute atomic E-state index is 12.2. The lowest BCUT2D eigenvalue weighted by Gasteiger charge is -2.31. The van der Waals surface area contributed by atoms with Crippen LogP contribution in [0.25, 0.3) is 0 Å².